The first-order valence-corrected chi connectivity index (χ1v) is 11.7. The quantitative estimate of drug-likeness (QED) is 0.408. The number of aromatic amines is 2. The number of hydrogen-bond acceptors (Lipinski definition) is 4. The zero-order valence-electron chi connectivity index (χ0n) is 19.1. The van der Waals surface area contributed by atoms with E-state index in [4.69, 9.17) is 4.98 Å². The predicted molar refractivity (Wildman–Crippen MR) is 134 cm³/mol. The highest BCUT2D eigenvalue weighted by Crippen LogP contribution is 2.24. The van der Waals surface area contributed by atoms with Gasteiger partial charge in [-0.2, -0.15) is 5.10 Å². The molecule has 6 heteroatoms. The fourth-order valence-corrected chi connectivity index (χ4v) is 4.63. The van der Waals surface area contributed by atoms with Crippen LogP contribution in [0.5, 0.6) is 0 Å². The third-order valence-electron chi connectivity index (χ3n) is 6.46. The molecule has 1 aliphatic carbocycles. The summed E-state index contributed by atoms with van der Waals surface area (Å²) in [5.41, 5.74) is 5.76. The number of para-hydroxylation sites is 2. The predicted octanol–water partition coefficient (Wildman–Crippen LogP) is 3.92. The first kappa shape index (κ1) is 21.3. The molecule has 3 N–H and O–H groups in total. The summed E-state index contributed by atoms with van der Waals surface area (Å²) in [6, 6.07) is 10.2. The molecule has 0 bridgehead atoms. The third-order valence-corrected chi connectivity index (χ3v) is 6.46. The Morgan fingerprint density at radius 3 is 2.88 bits per heavy atom. The molecule has 0 radical (unpaired) electrons. The molecule has 1 saturated carbocycles. The molecule has 0 aliphatic heterocycles. The molecular formula is C27H30N6. The van der Waals surface area contributed by atoms with E-state index in [0.29, 0.717) is 0 Å². The minimum Gasteiger partial charge on any atom is -0.337 e. The number of imidazole rings is 1. The summed E-state index contributed by atoms with van der Waals surface area (Å²) in [5.74, 6) is 1.56. The first-order chi connectivity index (χ1) is 16.2. The van der Waals surface area contributed by atoms with Crippen LogP contribution in [0.4, 0.5) is 0 Å². The van der Waals surface area contributed by atoms with Crippen molar-refractivity contribution < 1.29 is 0 Å². The van der Waals surface area contributed by atoms with Gasteiger partial charge in [0.25, 0.3) is 0 Å². The van der Waals surface area contributed by atoms with Crippen molar-refractivity contribution in [3.05, 3.63) is 71.0 Å². The van der Waals surface area contributed by atoms with Crippen molar-refractivity contribution in [2.24, 2.45) is 5.92 Å². The maximum absolute atomic E-state index is 4.73. The highest BCUT2D eigenvalue weighted by atomic mass is 15.1. The van der Waals surface area contributed by atoms with Crippen LogP contribution in [0.15, 0.2) is 49.3 Å². The number of nitrogens with one attached hydrogen (secondary N) is 3. The Bertz CT molecular complexity index is 1350. The molecule has 5 rings (SSSR count). The number of pyridine rings is 1. The Morgan fingerprint density at radius 2 is 2.06 bits per heavy atom. The highest BCUT2D eigenvalue weighted by Gasteiger charge is 2.14. The summed E-state index contributed by atoms with van der Waals surface area (Å²) in [6.45, 7) is 8.24. The van der Waals surface area contributed by atoms with Crippen molar-refractivity contribution in [1.82, 2.24) is 30.5 Å². The van der Waals surface area contributed by atoms with Crippen molar-refractivity contribution >= 4 is 28.8 Å². The molecule has 3 heterocycles. The lowest BCUT2D eigenvalue weighted by atomic mass is 10.1. The lowest BCUT2D eigenvalue weighted by Gasteiger charge is -2.11. The van der Waals surface area contributed by atoms with E-state index in [-0.39, 0.29) is 0 Å². The van der Waals surface area contributed by atoms with Crippen molar-refractivity contribution in [3.8, 4) is 11.5 Å². The SMILES string of the molecule is C=C(/C=c1/c(-c2nc3ccccc3[nH]2)n[nH]/c1=C/C)c1cncc(CNCC2CCCC2)c1. The molecule has 0 unspecified atom stereocenters. The summed E-state index contributed by atoms with van der Waals surface area (Å²) in [4.78, 5) is 12.6. The van der Waals surface area contributed by atoms with Crippen LogP contribution in [0, 0.1) is 5.92 Å². The second-order valence-electron chi connectivity index (χ2n) is 8.82. The molecule has 168 valence electrons. The molecule has 1 aromatic carbocycles. The molecule has 0 amide bonds. The maximum atomic E-state index is 4.73. The van der Waals surface area contributed by atoms with Gasteiger partial charge in [0.1, 0.15) is 5.69 Å². The topological polar surface area (TPSA) is 82.3 Å². The zero-order chi connectivity index (χ0) is 22.6. The molecule has 3 aromatic heterocycles. The van der Waals surface area contributed by atoms with Crippen LogP contribution in [0.3, 0.4) is 0 Å². The van der Waals surface area contributed by atoms with E-state index >= 15 is 0 Å². The first-order valence-electron chi connectivity index (χ1n) is 11.7. The standard InChI is InChI=1S/C27H30N6/c1-3-23-22(26(33-32-23)27-30-24-10-6-7-11-25(24)31-27)12-18(2)21-13-20(16-29-17-21)15-28-14-19-8-4-5-9-19/h3,6-7,10-13,16-17,19,28,32H,2,4-5,8-9,14-15H2,1H3,(H,30,31)/b22-12+,23-3+. The lowest BCUT2D eigenvalue weighted by Crippen LogP contribution is -2.23. The minimum atomic E-state index is 0.739. The highest BCUT2D eigenvalue weighted by molar-refractivity contribution is 5.88. The van der Waals surface area contributed by atoms with E-state index in [0.717, 1.165) is 63.3 Å². The fraction of sp³-hybridized carbons (Fsp3) is 0.296. The molecule has 4 aromatic rings. The molecule has 0 saturated heterocycles. The number of rotatable bonds is 7. The van der Waals surface area contributed by atoms with Crippen LogP contribution in [0.25, 0.3) is 40.3 Å². The Labute approximate surface area is 193 Å². The summed E-state index contributed by atoms with van der Waals surface area (Å²) >= 11 is 0. The van der Waals surface area contributed by atoms with Crippen molar-refractivity contribution in [2.75, 3.05) is 6.54 Å². The van der Waals surface area contributed by atoms with Gasteiger partial charge in [0.05, 0.1) is 16.4 Å². The number of nitrogens with zero attached hydrogens (tertiary/aromatic N) is 3. The number of hydrogen-bond donors (Lipinski definition) is 3. The van der Waals surface area contributed by atoms with Crippen LogP contribution in [-0.4, -0.2) is 31.7 Å². The van der Waals surface area contributed by atoms with Gasteiger partial charge >= 0.3 is 0 Å². The van der Waals surface area contributed by atoms with Crippen LogP contribution >= 0.6 is 0 Å². The number of fused-ring (bicyclic) bond motifs is 1. The minimum absolute atomic E-state index is 0.739. The summed E-state index contributed by atoms with van der Waals surface area (Å²) in [7, 11) is 0. The van der Waals surface area contributed by atoms with E-state index in [1.807, 2.05) is 49.7 Å². The second-order valence-corrected chi connectivity index (χ2v) is 8.82. The average molecular weight is 439 g/mol. The van der Waals surface area contributed by atoms with Gasteiger partial charge in [0.15, 0.2) is 5.82 Å². The molecular weight excluding hydrogens is 408 g/mol. The number of H-pyrrole nitrogens is 2. The molecule has 1 fully saturated rings. The van der Waals surface area contributed by atoms with E-state index in [1.54, 1.807) is 0 Å². The number of aromatic nitrogens is 5. The van der Waals surface area contributed by atoms with E-state index in [1.165, 1.54) is 31.2 Å². The van der Waals surface area contributed by atoms with E-state index < -0.39 is 0 Å². The molecule has 33 heavy (non-hydrogen) atoms. The van der Waals surface area contributed by atoms with Gasteiger partial charge in [-0.3, -0.25) is 10.1 Å². The van der Waals surface area contributed by atoms with Crippen molar-refractivity contribution in [2.45, 2.75) is 39.2 Å². The smallest absolute Gasteiger partial charge is 0.159 e. The van der Waals surface area contributed by atoms with Crippen LogP contribution in [0.1, 0.15) is 43.7 Å². The fourth-order valence-electron chi connectivity index (χ4n) is 4.63. The van der Waals surface area contributed by atoms with Gasteiger partial charge in [-0.25, -0.2) is 4.98 Å². The maximum Gasteiger partial charge on any atom is 0.159 e. The summed E-state index contributed by atoms with van der Waals surface area (Å²) in [6.07, 6.45) is 13.3. The lowest BCUT2D eigenvalue weighted by molar-refractivity contribution is 0.489. The van der Waals surface area contributed by atoms with Crippen LogP contribution in [-0.2, 0) is 6.54 Å². The van der Waals surface area contributed by atoms with Gasteiger partial charge in [-0.05, 0) is 73.2 Å². The Hall–Kier alpha value is -3.51. The van der Waals surface area contributed by atoms with Gasteiger partial charge in [0, 0.05) is 24.2 Å². The monoisotopic (exact) mass is 438 g/mol. The Balaban J connectivity index is 1.41. The van der Waals surface area contributed by atoms with E-state index in [2.05, 4.69) is 44.2 Å². The molecule has 0 atom stereocenters. The van der Waals surface area contributed by atoms with Crippen molar-refractivity contribution in [3.63, 3.8) is 0 Å². The Morgan fingerprint density at radius 1 is 1.21 bits per heavy atom. The second kappa shape index (κ2) is 9.55. The average Bonchev–Trinajstić information content (AvgIpc) is 3.58. The summed E-state index contributed by atoms with van der Waals surface area (Å²) < 4.78 is 0. The number of benzene rings is 1. The van der Waals surface area contributed by atoms with Gasteiger partial charge in [-0.15, -0.1) is 0 Å². The number of allylic oxidation sites excluding steroid dienone is 1. The summed E-state index contributed by atoms with van der Waals surface area (Å²) in [5, 5.41) is 13.2. The van der Waals surface area contributed by atoms with E-state index in [9.17, 15) is 0 Å². The largest absolute Gasteiger partial charge is 0.337 e. The van der Waals surface area contributed by atoms with Crippen molar-refractivity contribution in [1.29, 1.82) is 0 Å². The van der Waals surface area contributed by atoms with Gasteiger partial charge < -0.3 is 10.3 Å². The molecule has 1 aliphatic rings. The zero-order valence-corrected chi connectivity index (χ0v) is 19.1. The van der Waals surface area contributed by atoms with Crippen LogP contribution < -0.4 is 15.9 Å². The normalized spacial score (nSPS) is 15.7. The van der Waals surface area contributed by atoms with Gasteiger partial charge in [-0.1, -0.05) is 37.6 Å². The molecule has 0 spiro atoms. The molecule has 6 nitrogen and oxygen atoms in total. The van der Waals surface area contributed by atoms with Crippen LogP contribution in [0.2, 0.25) is 0 Å². The Kier molecular flexibility index (Phi) is 6.17. The third kappa shape index (κ3) is 4.66. The van der Waals surface area contributed by atoms with Gasteiger partial charge in [0.2, 0.25) is 0 Å².